The van der Waals surface area contributed by atoms with Crippen LogP contribution in [0, 0.1) is 11.7 Å². The molecule has 2 rings (SSSR count). The van der Waals surface area contributed by atoms with Crippen LogP contribution in [0.1, 0.15) is 29.8 Å². The standard InChI is InChI=1S/C21H21FN2O4/c1-13(2)18(21(27)28)24-20(26)17(12-15-10-6-7-11-16(15)22)23-19(25)14-8-4-3-5-9-14/h3-13,18H,1-2H3,(H,23,25)(H,24,26)(H,27,28)/p-1/b17-12-/t18-/m1/s1. The van der Waals surface area contributed by atoms with Crippen molar-refractivity contribution in [2.75, 3.05) is 0 Å². The number of aliphatic carboxylic acids is 1. The Kier molecular flexibility index (Phi) is 7.03. The van der Waals surface area contributed by atoms with Gasteiger partial charge in [0.1, 0.15) is 11.5 Å². The monoisotopic (exact) mass is 383 g/mol. The SMILES string of the molecule is CC(C)[C@@H](NC(=O)/C(=C/c1ccccc1F)NC(=O)c1ccccc1)C(=O)[O-]. The summed E-state index contributed by atoms with van der Waals surface area (Å²) in [5.41, 5.74) is 0.0662. The highest BCUT2D eigenvalue weighted by molar-refractivity contribution is 6.06. The third-order valence-corrected chi connectivity index (χ3v) is 3.94. The molecule has 146 valence electrons. The Bertz CT molecular complexity index is 894. The number of carbonyl (C=O) groups is 3. The van der Waals surface area contributed by atoms with Crippen LogP contribution in [0.2, 0.25) is 0 Å². The van der Waals surface area contributed by atoms with E-state index >= 15 is 0 Å². The van der Waals surface area contributed by atoms with Crippen molar-refractivity contribution in [1.82, 2.24) is 10.6 Å². The van der Waals surface area contributed by atoms with Gasteiger partial charge in [-0.25, -0.2) is 4.39 Å². The van der Waals surface area contributed by atoms with Crippen molar-refractivity contribution in [1.29, 1.82) is 0 Å². The number of amides is 2. The van der Waals surface area contributed by atoms with Crippen molar-refractivity contribution >= 4 is 23.9 Å². The van der Waals surface area contributed by atoms with E-state index in [9.17, 15) is 23.9 Å². The fourth-order valence-electron chi connectivity index (χ4n) is 2.41. The molecular formula is C21H20FN2O4-. The molecule has 0 fully saturated rings. The van der Waals surface area contributed by atoms with Crippen LogP contribution in [0.15, 0.2) is 60.3 Å². The van der Waals surface area contributed by atoms with Crippen LogP contribution in [-0.2, 0) is 9.59 Å². The van der Waals surface area contributed by atoms with Gasteiger partial charge in [0.05, 0.1) is 12.0 Å². The van der Waals surface area contributed by atoms with E-state index in [0.29, 0.717) is 0 Å². The molecule has 2 aromatic carbocycles. The number of halogens is 1. The number of hydrogen-bond acceptors (Lipinski definition) is 4. The van der Waals surface area contributed by atoms with Gasteiger partial charge in [0.15, 0.2) is 0 Å². The van der Waals surface area contributed by atoms with Gasteiger partial charge < -0.3 is 20.5 Å². The van der Waals surface area contributed by atoms with E-state index < -0.39 is 35.6 Å². The maximum Gasteiger partial charge on any atom is 0.268 e. The number of carbonyl (C=O) groups excluding carboxylic acids is 3. The molecule has 0 aromatic heterocycles. The van der Waals surface area contributed by atoms with Gasteiger partial charge >= 0.3 is 0 Å². The second kappa shape index (κ2) is 9.45. The minimum atomic E-state index is -1.46. The second-order valence-corrected chi connectivity index (χ2v) is 6.41. The van der Waals surface area contributed by atoms with Crippen LogP contribution < -0.4 is 15.7 Å². The molecular weight excluding hydrogens is 363 g/mol. The predicted molar refractivity (Wildman–Crippen MR) is 100 cm³/mol. The van der Waals surface area contributed by atoms with Crippen molar-refractivity contribution in [2.24, 2.45) is 5.92 Å². The van der Waals surface area contributed by atoms with Crippen LogP contribution in [0.5, 0.6) is 0 Å². The smallest absolute Gasteiger partial charge is 0.268 e. The molecule has 28 heavy (non-hydrogen) atoms. The van der Waals surface area contributed by atoms with Gasteiger partial charge in [-0.15, -0.1) is 0 Å². The highest BCUT2D eigenvalue weighted by Crippen LogP contribution is 2.12. The summed E-state index contributed by atoms with van der Waals surface area (Å²) in [4.78, 5) is 36.3. The highest BCUT2D eigenvalue weighted by atomic mass is 19.1. The Hall–Kier alpha value is -3.48. The molecule has 0 aliphatic rings. The number of carboxylic acid groups (broad SMARTS) is 1. The lowest BCUT2D eigenvalue weighted by Crippen LogP contribution is -2.52. The van der Waals surface area contributed by atoms with E-state index in [1.54, 1.807) is 50.2 Å². The second-order valence-electron chi connectivity index (χ2n) is 6.41. The van der Waals surface area contributed by atoms with Crippen LogP contribution in [0.3, 0.4) is 0 Å². The maximum absolute atomic E-state index is 14.0. The Balaban J connectivity index is 2.35. The molecule has 2 N–H and O–H groups in total. The lowest BCUT2D eigenvalue weighted by Gasteiger charge is -2.24. The quantitative estimate of drug-likeness (QED) is 0.708. The summed E-state index contributed by atoms with van der Waals surface area (Å²) in [6.07, 6.45) is 1.15. The first-order valence-corrected chi connectivity index (χ1v) is 8.64. The van der Waals surface area contributed by atoms with Gasteiger partial charge in [0, 0.05) is 11.1 Å². The number of benzene rings is 2. The molecule has 0 aliphatic heterocycles. The third kappa shape index (κ3) is 5.51. The molecule has 1 atom stereocenters. The summed E-state index contributed by atoms with van der Waals surface area (Å²) in [5.74, 6) is -3.96. The summed E-state index contributed by atoms with van der Waals surface area (Å²) in [5, 5.41) is 16.0. The molecule has 0 saturated carbocycles. The molecule has 0 unspecified atom stereocenters. The topological polar surface area (TPSA) is 98.3 Å². The summed E-state index contributed by atoms with van der Waals surface area (Å²) >= 11 is 0. The molecule has 2 aromatic rings. The van der Waals surface area contributed by atoms with E-state index in [2.05, 4.69) is 10.6 Å². The fraction of sp³-hybridized carbons (Fsp3) is 0.190. The summed E-state index contributed by atoms with van der Waals surface area (Å²) in [6, 6.07) is 12.5. The first-order chi connectivity index (χ1) is 13.3. The number of hydrogen-bond donors (Lipinski definition) is 2. The van der Waals surface area contributed by atoms with E-state index in [1.165, 1.54) is 18.2 Å². The molecule has 0 radical (unpaired) electrons. The molecule has 2 amide bonds. The van der Waals surface area contributed by atoms with Crippen LogP contribution in [0.4, 0.5) is 4.39 Å². The summed E-state index contributed by atoms with van der Waals surface area (Å²) < 4.78 is 14.0. The lowest BCUT2D eigenvalue weighted by molar-refractivity contribution is -0.309. The van der Waals surface area contributed by atoms with E-state index in [1.807, 2.05) is 0 Å². The molecule has 0 bridgehead atoms. The van der Waals surface area contributed by atoms with E-state index in [4.69, 9.17) is 0 Å². The summed E-state index contributed by atoms with van der Waals surface area (Å²) in [7, 11) is 0. The number of nitrogens with one attached hydrogen (secondary N) is 2. The van der Waals surface area contributed by atoms with Gasteiger partial charge in [0.25, 0.3) is 11.8 Å². The van der Waals surface area contributed by atoms with Gasteiger partial charge in [0.2, 0.25) is 0 Å². The van der Waals surface area contributed by atoms with Crippen molar-refractivity contribution < 1.29 is 23.9 Å². The lowest BCUT2D eigenvalue weighted by atomic mass is 10.0. The minimum absolute atomic E-state index is 0.0653. The Morgan fingerprint density at radius 3 is 2.18 bits per heavy atom. The van der Waals surface area contributed by atoms with Crippen LogP contribution >= 0.6 is 0 Å². The Morgan fingerprint density at radius 1 is 1.00 bits per heavy atom. The predicted octanol–water partition coefficient (Wildman–Crippen LogP) is 1.49. The molecule has 7 heteroatoms. The van der Waals surface area contributed by atoms with Crippen molar-refractivity contribution in [3.63, 3.8) is 0 Å². The largest absolute Gasteiger partial charge is 0.548 e. The molecule has 0 spiro atoms. The average Bonchev–Trinajstić information content (AvgIpc) is 2.67. The zero-order valence-electron chi connectivity index (χ0n) is 15.4. The minimum Gasteiger partial charge on any atom is -0.548 e. The van der Waals surface area contributed by atoms with E-state index in [-0.39, 0.29) is 16.8 Å². The zero-order chi connectivity index (χ0) is 20.7. The zero-order valence-corrected chi connectivity index (χ0v) is 15.4. The van der Waals surface area contributed by atoms with Crippen molar-refractivity contribution in [3.05, 3.63) is 77.2 Å². The average molecular weight is 383 g/mol. The van der Waals surface area contributed by atoms with Crippen molar-refractivity contribution in [2.45, 2.75) is 19.9 Å². The number of carboxylic acids is 1. The van der Waals surface area contributed by atoms with Gasteiger partial charge in [-0.3, -0.25) is 9.59 Å². The van der Waals surface area contributed by atoms with Gasteiger partial charge in [-0.05, 0) is 30.2 Å². The number of rotatable bonds is 7. The van der Waals surface area contributed by atoms with Gasteiger partial charge in [-0.1, -0.05) is 50.2 Å². The first kappa shape index (κ1) is 20.8. The molecule has 0 saturated heterocycles. The third-order valence-electron chi connectivity index (χ3n) is 3.94. The first-order valence-electron chi connectivity index (χ1n) is 8.64. The van der Waals surface area contributed by atoms with E-state index in [0.717, 1.165) is 6.08 Å². The maximum atomic E-state index is 14.0. The Morgan fingerprint density at radius 2 is 1.61 bits per heavy atom. The normalized spacial score (nSPS) is 12.4. The van der Waals surface area contributed by atoms with Crippen LogP contribution in [0.25, 0.3) is 6.08 Å². The van der Waals surface area contributed by atoms with Crippen molar-refractivity contribution in [3.8, 4) is 0 Å². The highest BCUT2D eigenvalue weighted by Gasteiger charge is 2.21. The molecule has 0 heterocycles. The van der Waals surface area contributed by atoms with Gasteiger partial charge in [-0.2, -0.15) is 0 Å². The molecule has 6 nitrogen and oxygen atoms in total. The van der Waals surface area contributed by atoms with Crippen LogP contribution in [-0.4, -0.2) is 23.8 Å². The summed E-state index contributed by atoms with van der Waals surface area (Å²) in [6.45, 7) is 3.20. The molecule has 0 aliphatic carbocycles. The Labute approximate surface area is 162 Å². The fourth-order valence-corrected chi connectivity index (χ4v) is 2.41.